The van der Waals surface area contributed by atoms with Gasteiger partial charge in [0.05, 0.1) is 6.42 Å². The number of rotatable bonds is 26. The highest BCUT2D eigenvalue weighted by molar-refractivity contribution is 7.98. The second-order valence-electron chi connectivity index (χ2n) is 15.3. The van der Waals surface area contributed by atoms with Gasteiger partial charge >= 0.3 is 5.97 Å². The van der Waals surface area contributed by atoms with Gasteiger partial charge in [0.2, 0.25) is 41.4 Å². The van der Waals surface area contributed by atoms with Gasteiger partial charge in [-0.3, -0.25) is 43.5 Å². The van der Waals surface area contributed by atoms with Crippen LogP contribution in [-0.4, -0.2) is 118 Å². The molecule has 3 rings (SSSR count). The number of aliphatic imine (C=N–C) groups is 1. The number of hydrogen-bond donors (Lipinski definition) is 10. The first-order chi connectivity index (χ1) is 30.4. The van der Waals surface area contributed by atoms with Gasteiger partial charge in [-0.1, -0.05) is 56.7 Å². The summed E-state index contributed by atoms with van der Waals surface area (Å²) >= 11 is 1.37. The molecule has 64 heavy (non-hydrogen) atoms. The average molecular weight is 908 g/mol. The molecule has 348 valence electrons. The maximum atomic E-state index is 14.5. The normalized spacial score (nSPS) is 14.3. The molecular weight excluding hydrogens is 847 g/mol. The SMILES string of the molecule is CCC(C)C(NC(=O)C(Cc1c[nH]c2ccccc12)NC(=O)C(C)N(C(=O)C(CCCN=C(N)N)NC(C)=O)c1ccccc1)C(=O)NC(CC(N)=O)C(=O)NC(CCSC)C(=O)O. The first kappa shape index (κ1) is 51.7. The summed E-state index contributed by atoms with van der Waals surface area (Å²) < 4.78 is 0. The number of para-hydroxylation sites is 2. The predicted octanol–water partition coefficient (Wildman–Crippen LogP) is 0.389. The number of primary amides is 1. The van der Waals surface area contributed by atoms with Crippen molar-refractivity contribution >= 4 is 81.6 Å². The predicted molar refractivity (Wildman–Crippen MR) is 245 cm³/mol. The highest BCUT2D eigenvalue weighted by atomic mass is 32.2. The van der Waals surface area contributed by atoms with Crippen LogP contribution in [0.1, 0.15) is 65.4 Å². The molecule has 0 fully saturated rings. The number of H-pyrrole nitrogens is 1. The molecule has 13 N–H and O–H groups in total. The minimum atomic E-state index is -1.58. The molecule has 0 bridgehead atoms. The molecule has 7 unspecified atom stereocenters. The molecular formula is C43H61N11O9S. The van der Waals surface area contributed by atoms with Gasteiger partial charge in [0.25, 0.3) is 0 Å². The molecule has 0 aliphatic rings. The molecule has 0 aliphatic heterocycles. The third-order valence-electron chi connectivity index (χ3n) is 10.4. The molecule has 1 aromatic heterocycles. The summed E-state index contributed by atoms with van der Waals surface area (Å²) in [7, 11) is 0. The first-order valence-electron chi connectivity index (χ1n) is 20.8. The standard InChI is InChI=1S/C43H61N11O9S/c1-6-24(2)36(40(60)52-34(22-35(44)56)38(58)50-32(42(62)63)18-20-64-5)53-39(59)33(21-27-23-48-30-16-11-10-15-29(27)30)51-37(57)25(3)54(28-13-8-7-9-14-28)41(61)31(49-26(4)55)17-12-19-47-43(45)46/h7-11,13-16,23-25,31-34,36,48H,6,12,17-22H2,1-5H3,(H2,44,56)(H,49,55)(H,50,58)(H,51,57)(H,52,60)(H,53,59)(H,62,63)(H4,45,46,47). The minimum Gasteiger partial charge on any atom is -0.480 e. The quantitative estimate of drug-likeness (QED) is 0.0297. The average Bonchev–Trinajstić information content (AvgIpc) is 3.66. The summed E-state index contributed by atoms with van der Waals surface area (Å²) in [6.07, 6.45) is 3.57. The smallest absolute Gasteiger partial charge is 0.326 e. The van der Waals surface area contributed by atoms with Gasteiger partial charge < -0.3 is 53.9 Å². The Balaban J connectivity index is 2.01. The van der Waals surface area contributed by atoms with E-state index in [4.69, 9.17) is 17.2 Å². The number of benzene rings is 2. The first-order valence-corrected chi connectivity index (χ1v) is 22.2. The number of nitrogens with one attached hydrogen (secondary N) is 6. The van der Waals surface area contributed by atoms with Crippen LogP contribution >= 0.6 is 11.8 Å². The molecule has 0 radical (unpaired) electrons. The lowest BCUT2D eigenvalue weighted by atomic mass is 9.96. The third kappa shape index (κ3) is 15.6. The summed E-state index contributed by atoms with van der Waals surface area (Å²) in [5, 5.41) is 23.5. The van der Waals surface area contributed by atoms with Gasteiger partial charge in [-0.2, -0.15) is 11.8 Å². The van der Waals surface area contributed by atoms with Crippen LogP contribution in [-0.2, 0) is 44.8 Å². The molecule has 3 aromatic rings. The number of nitrogens with two attached hydrogens (primary N) is 3. The number of fused-ring (bicyclic) bond motifs is 1. The second kappa shape index (κ2) is 25.5. The summed E-state index contributed by atoms with van der Waals surface area (Å²) in [4.78, 5) is 115. The topological polar surface area (TPSA) is 326 Å². The Bertz CT molecular complexity index is 2130. The van der Waals surface area contributed by atoms with E-state index in [2.05, 4.69) is 36.6 Å². The monoisotopic (exact) mass is 907 g/mol. The lowest BCUT2D eigenvalue weighted by Gasteiger charge is -2.33. The third-order valence-corrected chi connectivity index (χ3v) is 11.1. The van der Waals surface area contributed by atoms with Crippen molar-refractivity contribution < 1.29 is 43.5 Å². The lowest BCUT2D eigenvalue weighted by molar-refractivity contribution is -0.142. The van der Waals surface area contributed by atoms with Gasteiger partial charge in [-0.05, 0) is 67.9 Å². The summed E-state index contributed by atoms with van der Waals surface area (Å²) in [6, 6.07) is 7.69. The number of aromatic amines is 1. The fraction of sp³-hybridized carbons (Fsp3) is 0.465. The van der Waals surface area contributed by atoms with Crippen molar-refractivity contribution in [2.45, 2.75) is 102 Å². The summed E-state index contributed by atoms with van der Waals surface area (Å²) in [6.45, 7) is 6.36. The van der Waals surface area contributed by atoms with Gasteiger partial charge in [0, 0.05) is 42.7 Å². The number of carboxylic acids is 1. The van der Waals surface area contributed by atoms with E-state index in [1.165, 1.54) is 30.5 Å². The van der Waals surface area contributed by atoms with Crippen molar-refractivity contribution in [2.75, 3.05) is 23.5 Å². The fourth-order valence-corrected chi connectivity index (χ4v) is 7.31. The van der Waals surface area contributed by atoms with Gasteiger partial charge in [0.1, 0.15) is 36.3 Å². The Morgan fingerprint density at radius 3 is 2.02 bits per heavy atom. The summed E-state index contributed by atoms with van der Waals surface area (Å²) in [5.41, 5.74) is 18.1. The maximum absolute atomic E-state index is 14.5. The zero-order valence-corrected chi connectivity index (χ0v) is 37.5. The van der Waals surface area contributed by atoms with Crippen LogP contribution in [0.3, 0.4) is 0 Å². The molecule has 20 nitrogen and oxygen atoms in total. The number of carbonyl (C=O) groups is 8. The van der Waals surface area contributed by atoms with Crippen molar-refractivity contribution in [3.63, 3.8) is 0 Å². The number of carboxylic acid groups (broad SMARTS) is 1. The Morgan fingerprint density at radius 2 is 1.41 bits per heavy atom. The fourth-order valence-electron chi connectivity index (χ4n) is 6.84. The van der Waals surface area contributed by atoms with Crippen molar-refractivity contribution in [3.05, 3.63) is 66.4 Å². The molecule has 7 amide bonds. The van der Waals surface area contributed by atoms with Crippen LogP contribution in [0.4, 0.5) is 5.69 Å². The van der Waals surface area contributed by atoms with Crippen molar-refractivity contribution in [2.24, 2.45) is 28.1 Å². The lowest BCUT2D eigenvalue weighted by Crippen LogP contribution is -2.61. The van der Waals surface area contributed by atoms with E-state index in [-0.39, 0.29) is 31.8 Å². The van der Waals surface area contributed by atoms with Crippen LogP contribution in [0.25, 0.3) is 10.9 Å². The van der Waals surface area contributed by atoms with E-state index in [1.807, 2.05) is 24.3 Å². The van der Waals surface area contributed by atoms with E-state index in [1.54, 1.807) is 56.6 Å². The van der Waals surface area contributed by atoms with Gasteiger partial charge in [-0.15, -0.1) is 0 Å². The minimum absolute atomic E-state index is 0.0705. The zero-order chi connectivity index (χ0) is 47.5. The number of carbonyl (C=O) groups excluding carboxylic acids is 7. The largest absolute Gasteiger partial charge is 0.480 e. The van der Waals surface area contributed by atoms with Crippen LogP contribution in [0.5, 0.6) is 0 Å². The van der Waals surface area contributed by atoms with E-state index < -0.39 is 95.9 Å². The number of guanidine groups is 1. The molecule has 0 spiro atoms. The van der Waals surface area contributed by atoms with Crippen molar-refractivity contribution in [1.82, 2.24) is 31.6 Å². The van der Waals surface area contributed by atoms with E-state index >= 15 is 0 Å². The number of hydrogen-bond acceptors (Lipinski definition) is 10. The molecule has 21 heteroatoms. The summed E-state index contributed by atoms with van der Waals surface area (Å²) in [5.74, 6) is -7.03. The van der Waals surface area contributed by atoms with Crippen LogP contribution in [0.15, 0.2) is 65.8 Å². The van der Waals surface area contributed by atoms with Crippen molar-refractivity contribution in [3.8, 4) is 0 Å². The Kier molecular flexibility index (Phi) is 20.6. The molecule has 0 saturated heterocycles. The molecule has 0 saturated carbocycles. The van der Waals surface area contributed by atoms with Gasteiger partial charge in [0.15, 0.2) is 5.96 Å². The van der Waals surface area contributed by atoms with E-state index in [0.29, 0.717) is 29.8 Å². The molecule has 0 aliphatic carbocycles. The zero-order valence-electron chi connectivity index (χ0n) is 36.7. The highest BCUT2D eigenvalue weighted by Crippen LogP contribution is 2.22. The van der Waals surface area contributed by atoms with E-state index in [0.717, 1.165) is 10.9 Å². The Hall–Kier alpha value is -6.64. The Labute approximate surface area is 376 Å². The van der Waals surface area contributed by atoms with Crippen LogP contribution < -0.4 is 48.7 Å². The number of nitrogens with zero attached hydrogens (tertiary/aromatic N) is 2. The number of thioether (sulfide) groups is 1. The number of anilines is 1. The van der Waals surface area contributed by atoms with Gasteiger partial charge in [-0.25, -0.2) is 4.79 Å². The van der Waals surface area contributed by atoms with Crippen LogP contribution in [0.2, 0.25) is 0 Å². The highest BCUT2D eigenvalue weighted by Gasteiger charge is 2.37. The van der Waals surface area contributed by atoms with Crippen molar-refractivity contribution in [1.29, 1.82) is 0 Å². The maximum Gasteiger partial charge on any atom is 0.326 e. The van der Waals surface area contributed by atoms with E-state index in [9.17, 15) is 43.5 Å². The Morgan fingerprint density at radius 1 is 0.781 bits per heavy atom. The number of aliphatic carboxylic acids is 1. The molecule has 7 atom stereocenters. The molecule has 2 aromatic carbocycles. The molecule has 1 heterocycles. The number of amides is 7. The number of aromatic nitrogens is 1. The second-order valence-corrected chi connectivity index (χ2v) is 16.3. The van der Waals surface area contributed by atoms with Crippen LogP contribution in [0, 0.1) is 5.92 Å².